The van der Waals surface area contributed by atoms with Gasteiger partial charge in [-0.1, -0.05) is 36.4 Å². The second-order valence-corrected chi connectivity index (χ2v) is 6.89. The average Bonchev–Trinajstić information content (AvgIpc) is 2.68. The Hall–Kier alpha value is -3.42. The van der Waals surface area contributed by atoms with Crippen LogP contribution < -0.4 is 5.32 Å². The molecule has 2 aromatic carbocycles. The fourth-order valence-electron chi connectivity index (χ4n) is 3.58. The molecule has 2 aliphatic rings. The van der Waals surface area contributed by atoms with E-state index in [2.05, 4.69) is 10.3 Å². The van der Waals surface area contributed by atoms with Gasteiger partial charge in [0.25, 0.3) is 11.8 Å². The number of rotatable bonds is 0. The molecule has 4 amide bonds. The first-order valence-electron chi connectivity index (χ1n) is 8.45. The number of hydrogen-bond acceptors (Lipinski definition) is 6. The van der Waals surface area contributed by atoms with Crippen LogP contribution >= 0.6 is 0 Å². The van der Waals surface area contributed by atoms with Crippen molar-refractivity contribution in [2.45, 2.75) is 5.54 Å². The van der Waals surface area contributed by atoms with Gasteiger partial charge in [0.15, 0.2) is 5.96 Å². The lowest BCUT2D eigenvalue weighted by Crippen LogP contribution is -2.66. The summed E-state index contributed by atoms with van der Waals surface area (Å²) in [7, 11) is 6.27. The number of likely N-dealkylation sites (N-methyl/N-ethyl adjacent to an activating group) is 2. The van der Waals surface area contributed by atoms with E-state index >= 15 is 0 Å². The Labute approximate surface area is 156 Å². The van der Waals surface area contributed by atoms with Gasteiger partial charge in [-0.25, -0.2) is 9.79 Å². The highest BCUT2D eigenvalue weighted by Gasteiger charge is 2.59. The van der Waals surface area contributed by atoms with Crippen LogP contribution in [0.25, 0.3) is 10.8 Å². The molecule has 2 aliphatic heterocycles. The van der Waals surface area contributed by atoms with Crippen molar-refractivity contribution in [3.63, 3.8) is 0 Å². The van der Waals surface area contributed by atoms with Gasteiger partial charge in [-0.15, -0.1) is 0 Å². The summed E-state index contributed by atoms with van der Waals surface area (Å²) in [6.45, 7) is 0. The predicted molar refractivity (Wildman–Crippen MR) is 101 cm³/mol. The minimum atomic E-state index is -1.83. The topological polar surface area (TPSA) is 85.3 Å². The lowest BCUT2D eigenvalue weighted by molar-refractivity contribution is -0.150. The van der Waals surface area contributed by atoms with Gasteiger partial charge in [0, 0.05) is 39.1 Å². The van der Waals surface area contributed by atoms with Crippen LogP contribution in [0.5, 0.6) is 0 Å². The maximum atomic E-state index is 13.2. The van der Waals surface area contributed by atoms with Crippen molar-refractivity contribution < 1.29 is 14.4 Å². The van der Waals surface area contributed by atoms with Gasteiger partial charge < -0.3 is 10.2 Å². The average molecular weight is 365 g/mol. The molecule has 2 aromatic rings. The van der Waals surface area contributed by atoms with Crippen LogP contribution in [0, 0.1) is 0 Å². The van der Waals surface area contributed by atoms with Crippen LogP contribution in [0.15, 0.2) is 41.4 Å². The first kappa shape index (κ1) is 17.0. The molecule has 1 fully saturated rings. The summed E-state index contributed by atoms with van der Waals surface area (Å²) in [5.74, 6) is -0.947. The number of fused-ring (bicyclic) bond motifs is 4. The molecule has 1 N–H and O–H groups in total. The van der Waals surface area contributed by atoms with Gasteiger partial charge in [-0.3, -0.25) is 19.4 Å². The predicted octanol–water partition coefficient (Wildman–Crippen LogP) is 1.43. The summed E-state index contributed by atoms with van der Waals surface area (Å²) in [4.78, 5) is 46.8. The number of carbonyl (C=O) groups excluding carboxylic acids is 3. The van der Waals surface area contributed by atoms with E-state index in [4.69, 9.17) is 0 Å². The fourth-order valence-corrected chi connectivity index (χ4v) is 3.58. The molecule has 4 rings (SSSR count). The van der Waals surface area contributed by atoms with E-state index < -0.39 is 23.4 Å². The molecular weight excluding hydrogens is 346 g/mol. The second-order valence-electron chi connectivity index (χ2n) is 6.89. The zero-order valence-electron chi connectivity index (χ0n) is 15.5. The molecule has 8 nitrogen and oxygen atoms in total. The zero-order chi connectivity index (χ0) is 19.5. The number of urea groups is 1. The van der Waals surface area contributed by atoms with Gasteiger partial charge in [-0.05, 0) is 5.39 Å². The highest BCUT2D eigenvalue weighted by Crippen LogP contribution is 2.43. The number of benzene rings is 2. The molecule has 0 atom stereocenters. The summed E-state index contributed by atoms with van der Waals surface area (Å²) in [6.07, 6.45) is 0. The molecule has 1 spiro atoms. The third kappa shape index (κ3) is 2.09. The van der Waals surface area contributed by atoms with E-state index in [9.17, 15) is 14.4 Å². The molecule has 0 aromatic heterocycles. The molecule has 0 radical (unpaired) electrons. The fraction of sp³-hybridized carbons (Fsp3) is 0.263. The van der Waals surface area contributed by atoms with Crippen molar-refractivity contribution in [3.05, 3.63) is 42.0 Å². The molecule has 2 heterocycles. The Kier molecular flexibility index (Phi) is 3.49. The first-order chi connectivity index (χ1) is 12.8. The lowest BCUT2D eigenvalue weighted by atomic mass is 9.82. The van der Waals surface area contributed by atoms with Crippen molar-refractivity contribution in [2.24, 2.45) is 4.99 Å². The molecule has 0 unspecified atom stereocenters. The van der Waals surface area contributed by atoms with Gasteiger partial charge in [0.2, 0.25) is 5.54 Å². The smallest absolute Gasteiger partial charge is 0.333 e. The zero-order valence-corrected chi connectivity index (χ0v) is 15.5. The van der Waals surface area contributed by atoms with Crippen LogP contribution in [-0.2, 0) is 15.1 Å². The highest BCUT2D eigenvalue weighted by molar-refractivity contribution is 6.26. The number of barbiturate groups is 1. The Morgan fingerprint density at radius 3 is 2.22 bits per heavy atom. The molecule has 0 saturated carbocycles. The van der Waals surface area contributed by atoms with Gasteiger partial charge in [0.1, 0.15) is 0 Å². The summed E-state index contributed by atoms with van der Waals surface area (Å²) >= 11 is 0. The molecular formula is C19H19N5O3. The summed E-state index contributed by atoms with van der Waals surface area (Å²) in [5.41, 5.74) is -0.751. The van der Waals surface area contributed by atoms with E-state index in [1.54, 1.807) is 25.1 Å². The Bertz CT molecular complexity index is 1020. The standard InChI is InChI=1S/C19H19N5O3/c1-22(2)17-20-14-12-8-6-5-7-11(12)9-10-13(14)19(21-17)15(25)23(3)18(27)24(4)16(19)26/h5-10H,1-4H3,(H,20,21). The monoisotopic (exact) mass is 365 g/mol. The molecule has 0 aliphatic carbocycles. The quantitative estimate of drug-likeness (QED) is 0.714. The van der Waals surface area contributed by atoms with Crippen molar-refractivity contribution in [1.82, 2.24) is 14.7 Å². The van der Waals surface area contributed by atoms with Crippen LogP contribution in [0.1, 0.15) is 5.56 Å². The number of nitrogens with one attached hydrogen (secondary N) is 1. The lowest BCUT2D eigenvalue weighted by Gasteiger charge is -2.43. The summed E-state index contributed by atoms with van der Waals surface area (Å²) in [5, 5.41) is 5.07. The van der Waals surface area contributed by atoms with Crippen LogP contribution in [0.3, 0.4) is 0 Å². The summed E-state index contributed by atoms with van der Waals surface area (Å²) < 4.78 is 0. The minimum absolute atomic E-state index is 0.372. The van der Waals surface area contributed by atoms with Crippen molar-refractivity contribution in [3.8, 4) is 0 Å². The maximum Gasteiger partial charge on any atom is 0.333 e. The van der Waals surface area contributed by atoms with Crippen molar-refractivity contribution >= 4 is 40.3 Å². The van der Waals surface area contributed by atoms with Crippen LogP contribution in [0.2, 0.25) is 0 Å². The van der Waals surface area contributed by atoms with E-state index in [0.717, 1.165) is 20.6 Å². The van der Waals surface area contributed by atoms with E-state index in [0.29, 0.717) is 17.2 Å². The van der Waals surface area contributed by atoms with E-state index in [1.165, 1.54) is 14.1 Å². The van der Waals surface area contributed by atoms with Gasteiger partial charge in [0.05, 0.1) is 5.69 Å². The van der Waals surface area contributed by atoms with E-state index in [-0.39, 0.29) is 0 Å². The van der Waals surface area contributed by atoms with Crippen LogP contribution in [-0.4, -0.2) is 66.7 Å². The van der Waals surface area contributed by atoms with E-state index in [1.807, 2.05) is 30.3 Å². The normalized spacial score (nSPS) is 18.5. The van der Waals surface area contributed by atoms with Gasteiger partial charge >= 0.3 is 6.03 Å². The number of aliphatic imine (C=N–C) groups is 1. The number of guanidine groups is 1. The number of imide groups is 2. The van der Waals surface area contributed by atoms with Gasteiger partial charge in [-0.2, -0.15) is 0 Å². The number of hydrogen-bond donors (Lipinski definition) is 1. The largest absolute Gasteiger partial charge is 0.349 e. The summed E-state index contributed by atoms with van der Waals surface area (Å²) in [6, 6.07) is 10.6. The third-order valence-corrected chi connectivity index (χ3v) is 5.05. The number of carbonyl (C=O) groups is 3. The Morgan fingerprint density at radius 1 is 0.963 bits per heavy atom. The SMILES string of the molecule is CN(C)C1=NC2(C(=O)N(C)C(=O)N(C)C2=O)c2ccc3ccccc3c2N1. The number of anilines is 1. The van der Waals surface area contributed by atoms with Crippen molar-refractivity contribution in [1.29, 1.82) is 0 Å². The maximum absolute atomic E-state index is 13.2. The Morgan fingerprint density at radius 2 is 1.59 bits per heavy atom. The number of amides is 4. The van der Waals surface area contributed by atoms with Crippen LogP contribution in [0.4, 0.5) is 10.5 Å². The second kappa shape index (κ2) is 5.54. The molecule has 0 bridgehead atoms. The Balaban J connectivity index is 2.09. The first-order valence-corrected chi connectivity index (χ1v) is 8.45. The highest BCUT2D eigenvalue weighted by atomic mass is 16.2. The molecule has 138 valence electrons. The molecule has 8 heteroatoms. The third-order valence-electron chi connectivity index (χ3n) is 5.05. The molecule has 27 heavy (non-hydrogen) atoms. The minimum Gasteiger partial charge on any atom is -0.349 e. The number of nitrogens with zero attached hydrogens (tertiary/aromatic N) is 4. The van der Waals surface area contributed by atoms with Crippen molar-refractivity contribution in [2.75, 3.05) is 33.5 Å². The molecule has 1 saturated heterocycles.